The van der Waals surface area contributed by atoms with Crippen molar-refractivity contribution in [2.75, 3.05) is 25.6 Å². The number of anilines is 1. The van der Waals surface area contributed by atoms with E-state index in [4.69, 9.17) is 9.84 Å². The van der Waals surface area contributed by atoms with Gasteiger partial charge in [0.05, 0.1) is 17.9 Å². The van der Waals surface area contributed by atoms with E-state index in [-0.39, 0.29) is 5.56 Å². The molecule has 1 aromatic carbocycles. The number of methoxy groups -OCH3 is 1. The molecule has 1 heterocycles. The molecule has 0 atom stereocenters. The van der Waals surface area contributed by atoms with Gasteiger partial charge in [0, 0.05) is 32.5 Å². The molecule has 0 saturated heterocycles. The van der Waals surface area contributed by atoms with Crippen LogP contribution in [0, 0.1) is 0 Å². The van der Waals surface area contributed by atoms with Gasteiger partial charge in [0.1, 0.15) is 5.82 Å². The average molecular weight is 361 g/mol. The summed E-state index contributed by atoms with van der Waals surface area (Å²) >= 11 is 1.49. The van der Waals surface area contributed by atoms with Gasteiger partial charge >= 0.3 is 5.97 Å². The van der Waals surface area contributed by atoms with E-state index in [0.717, 1.165) is 30.0 Å². The molecule has 0 amide bonds. The zero-order valence-electron chi connectivity index (χ0n) is 14.7. The van der Waals surface area contributed by atoms with E-state index in [1.807, 2.05) is 19.2 Å². The van der Waals surface area contributed by atoms with Gasteiger partial charge in [-0.05, 0) is 24.1 Å². The van der Waals surface area contributed by atoms with Gasteiger partial charge in [0.25, 0.3) is 0 Å². The second-order valence-electron chi connectivity index (χ2n) is 5.65. The van der Waals surface area contributed by atoms with Crippen molar-refractivity contribution in [3.05, 3.63) is 47.2 Å². The van der Waals surface area contributed by atoms with Crippen molar-refractivity contribution in [2.45, 2.75) is 30.9 Å². The Labute approximate surface area is 152 Å². The number of carboxylic acids is 1. The molecule has 134 valence electrons. The minimum absolute atomic E-state index is 0.288. The highest BCUT2D eigenvalue weighted by molar-refractivity contribution is 7.98. The molecule has 0 fully saturated rings. The van der Waals surface area contributed by atoms with Crippen LogP contribution in [0.3, 0.4) is 0 Å². The zero-order valence-corrected chi connectivity index (χ0v) is 15.5. The van der Waals surface area contributed by atoms with E-state index in [1.165, 1.54) is 11.8 Å². The third-order valence-corrected chi connectivity index (χ3v) is 4.45. The van der Waals surface area contributed by atoms with Gasteiger partial charge in [-0.25, -0.2) is 14.8 Å². The minimum Gasteiger partial charge on any atom is -0.478 e. The van der Waals surface area contributed by atoms with Crippen LogP contribution in [0.4, 0.5) is 5.82 Å². The third-order valence-electron chi connectivity index (χ3n) is 3.53. The first-order chi connectivity index (χ1) is 12.0. The molecule has 2 aromatic rings. The number of aromatic carboxylic acids is 1. The van der Waals surface area contributed by atoms with Crippen molar-refractivity contribution in [3.8, 4) is 0 Å². The van der Waals surface area contributed by atoms with Gasteiger partial charge in [0.2, 0.25) is 0 Å². The molecule has 6 nitrogen and oxygen atoms in total. The molecule has 2 rings (SSSR count). The van der Waals surface area contributed by atoms with E-state index in [2.05, 4.69) is 21.8 Å². The molecule has 0 saturated carbocycles. The van der Waals surface area contributed by atoms with Crippen LogP contribution < -0.4 is 4.90 Å². The molecular formula is C18H23N3O3S. The van der Waals surface area contributed by atoms with Gasteiger partial charge < -0.3 is 14.7 Å². The summed E-state index contributed by atoms with van der Waals surface area (Å²) in [4.78, 5) is 22.3. The number of thioether (sulfide) groups is 1. The Morgan fingerprint density at radius 1 is 1.32 bits per heavy atom. The summed E-state index contributed by atoms with van der Waals surface area (Å²) in [6.45, 7) is 3.46. The molecule has 0 unspecified atom stereocenters. The van der Waals surface area contributed by atoms with Gasteiger partial charge in [-0.2, -0.15) is 0 Å². The van der Waals surface area contributed by atoms with Crippen molar-refractivity contribution in [1.29, 1.82) is 0 Å². The molecule has 25 heavy (non-hydrogen) atoms. The highest BCUT2D eigenvalue weighted by Crippen LogP contribution is 2.23. The molecular weight excluding hydrogens is 338 g/mol. The second kappa shape index (κ2) is 9.39. The number of aromatic nitrogens is 2. The van der Waals surface area contributed by atoms with Crippen LogP contribution in [0.15, 0.2) is 35.5 Å². The Balaban J connectivity index is 2.17. The van der Waals surface area contributed by atoms with E-state index >= 15 is 0 Å². The van der Waals surface area contributed by atoms with Crippen LogP contribution in [-0.4, -0.2) is 41.7 Å². The lowest BCUT2D eigenvalue weighted by Crippen LogP contribution is -2.20. The maximum absolute atomic E-state index is 11.1. The van der Waals surface area contributed by atoms with Crippen molar-refractivity contribution in [2.24, 2.45) is 0 Å². The van der Waals surface area contributed by atoms with Crippen LogP contribution in [0.1, 0.15) is 35.0 Å². The van der Waals surface area contributed by atoms with Gasteiger partial charge in [-0.3, -0.25) is 0 Å². The topological polar surface area (TPSA) is 75.5 Å². The summed E-state index contributed by atoms with van der Waals surface area (Å²) in [7, 11) is 3.65. The Hall–Kier alpha value is -2.12. The van der Waals surface area contributed by atoms with Crippen LogP contribution in [-0.2, 0) is 17.1 Å². The summed E-state index contributed by atoms with van der Waals surface area (Å²) in [5.41, 5.74) is 2.04. The zero-order chi connectivity index (χ0) is 18.2. The normalized spacial score (nSPS) is 10.7. The van der Waals surface area contributed by atoms with Crippen LogP contribution in [0.2, 0.25) is 0 Å². The fraction of sp³-hybridized carbons (Fsp3) is 0.389. The molecule has 0 aliphatic rings. The average Bonchev–Trinajstić information content (AvgIpc) is 2.60. The molecule has 0 spiro atoms. The minimum atomic E-state index is -0.923. The smallest absolute Gasteiger partial charge is 0.335 e. The monoisotopic (exact) mass is 361 g/mol. The highest BCUT2D eigenvalue weighted by Gasteiger charge is 2.10. The first-order valence-electron chi connectivity index (χ1n) is 8.06. The largest absolute Gasteiger partial charge is 0.478 e. The Bertz CT molecular complexity index is 724. The van der Waals surface area contributed by atoms with Crippen LogP contribution >= 0.6 is 11.8 Å². The molecule has 0 radical (unpaired) electrons. The number of rotatable bonds is 9. The number of carbonyl (C=O) groups is 1. The maximum Gasteiger partial charge on any atom is 0.335 e. The Morgan fingerprint density at radius 2 is 2.12 bits per heavy atom. The number of carboxylic acid groups (broad SMARTS) is 1. The van der Waals surface area contributed by atoms with E-state index in [0.29, 0.717) is 17.5 Å². The fourth-order valence-corrected chi connectivity index (χ4v) is 3.15. The standard InChI is InChI=1S/C18H23N3O3S/c1-4-8-21(2)16-10-15(11-24-3)19-18(20-16)25-12-13-6-5-7-14(9-13)17(22)23/h5-7,9-10H,4,8,11-12H2,1-3H3,(H,22,23). The van der Waals surface area contributed by atoms with Gasteiger partial charge in [-0.15, -0.1) is 0 Å². The predicted octanol–water partition coefficient (Wildman–Crippen LogP) is 3.46. The summed E-state index contributed by atoms with van der Waals surface area (Å²) in [6, 6.07) is 8.86. The number of benzene rings is 1. The first kappa shape index (κ1) is 19.2. The second-order valence-corrected chi connectivity index (χ2v) is 6.59. The van der Waals surface area contributed by atoms with Crippen molar-refractivity contribution in [1.82, 2.24) is 9.97 Å². The lowest BCUT2D eigenvalue weighted by molar-refractivity contribution is 0.0697. The van der Waals surface area contributed by atoms with E-state index in [1.54, 1.807) is 25.3 Å². The van der Waals surface area contributed by atoms with Crippen LogP contribution in [0.5, 0.6) is 0 Å². The highest BCUT2D eigenvalue weighted by atomic mass is 32.2. The van der Waals surface area contributed by atoms with Gasteiger partial charge in [0.15, 0.2) is 5.16 Å². The van der Waals surface area contributed by atoms with Gasteiger partial charge in [-0.1, -0.05) is 30.8 Å². The molecule has 0 bridgehead atoms. The maximum atomic E-state index is 11.1. The summed E-state index contributed by atoms with van der Waals surface area (Å²) in [5, 5.41) is 9.75. The lowest BCUT2D eigenvalue weighted by atomic mass is 10.1. The molecule has 0 aliphatic heterocycles. The van der Waals surface area contributed by atoms with E-state index < -0.39 is 5.97 Å². The van der Waals surface area contributed by atoms with Crippen molar-refractivity contribution >= 4 is 23.5 Å². The lowest BCUT2D eigenvalue weighted by Gasteiger charge is -2.18. The summed E-state index contributed by atoms with van der Waals surface area (Å²) in [6.07, 6.45) is 1.03. The third kappa shape index (κ3) is 5.72. The fourth-order valence-electron chi connectivity index (χ4n) is 2.33. The first-order valence-corrected chi connectivity index (χ1v) is 9.05. The summed E-state index contributed by atoms with van der Waals surface area (Å²) < 4.78 is 5.20. The predicted molar refractivity (Wildman–Crippen MR) is 99.3 cm³/mol. The van der Waals surface area contributed by atoms with Crippen molar-refractivity contribution in [3.63, 3.8) is 0 Å². The Morgan fingerprint density at radius 3 is 2.80 bits per heavy atom. The molecule has 1 N–H and O–H groups in total. The molecule has 1 aromatic heterocycles. The number of nitrogens with zero attached hydrogens (tertiary/aromatic N) is 3. The summed E-state index contributed by atoms with van der Waals surface area (Å²) in [5.74, 6) is 0.549. The number of hydrogen-bond acceptors (Lipinski definition) is 6. The van der Waals surface area contributed by atoms with E-state index in [9.17, 15) is 4.79 Å². The Kier molecular flexibility index (Phi) is 7.21. The quantitative estimate of drug-likeness (QED) is 0.541. The molecule has 7 heteroatoms. The molecule has 0 aliphatic carbocycles. The number of ether oxygens (including phenoxy) is 1. The number of hydrogen-bond donors (Lipinski definition) is 1. The SMILES string of the molecule is CCCN(C)c1cc(COC)nc(SCc2cccc(C(=O)O)c2)n1. The van der Waals surface area contributed by atoms with Crippen molar-refractivity contribution < 1.29 is 14.6 Å². The van der Waals surface area contributed by atoms with Crippen LogP contribution in [0.25, 0.3) is 0 Å².